The second-order valence-electron chi connectivity index (χ2n) is 1.43. The molecule has 0 aromatic carbocycles. The summed E-state index contributed by atoms with van der Waals surface area (Å²) in [7, 11) is 0. The van der Waals surface area contributed by atoms with Crippen molar-refractivity contribution < 1.29 is 0 Å². The van der Waals surface area contributed by atoms with E-state index in [2.05, 4.69) is 17.6 Å². The number of hydrogen-bond acceptors (Lipinski definition) is 4. The Morgan fingerprint density at radius 2 is 2.22 bits per heavy atom. The fraction of sp³-hybridized carbons (Fsp3) is 0.667. The van der Waals surface area contributed by atoms with Crippen LogP contribution in [0.15, 0.2) is 0 Å². The van der Waals surface area contributed by atoms with Crippen molar-refractivity contribution in [2.45, 2.75) is 0 Å². The van der Waals surface area contributed by atoms with Gasteiger partial charge in [0, 0.05) is 13.1 Å². The van der Waals surface area contributed by atoms with Gasteiger partial charge in [0.25, 0.3) is 0 Å². The lowest BCUT2D eigenvalue weighted by atomic mass is 10.6. The van der Waals surface area contributed by atoms with Crippen molar-refractivity contribution in [3.8, 4) is 0 Å². The van der Waals surface area contributed by atoms with E-state index < -0.39 is 0 Å². The Kier molecular flexibility index (Phi) is 4.24. The Bertz CT molecular complexity index is 94.2. The van der Waals surface area contributed by atoms with Crippen LogP contribution in [0.4, 0.5) is 0 Å². The Balaban J connectivity index is 3.45. The van der Waals surface area contributed by atoms with Gasteiger partial charge in [-0.15, -0.1) is 0 Å². The second kappa shape index (κ2) is 4.45. The SMILES string of the molecule is NCCN(N)C(=S)NN. The molecule has 0 amide bonds. The van der Waals surface area contributed by atoms with Crippen molar-refractivity contribution in [3.05, 3.63) is 0 Å². The molecule has 6 heteroatoms. The summed E-state index contributed by atoms with van der Waals surface area (Å²) >= 11 is 4.65. The maximum atomic E-state index is 5.31. The summed E-state index contributed by atoms with van der Waals surface area (Å²) in [6.07, 6.45) is 0. The third-order valence-electron chi connectivity index (χ3n) is 0.754. The molecule has 0 aromatic rings. The molecule has 0 rings (SSSR count). The molecule has 0 unspecified atom stereocenters. The van der Waals surface area contributed by atoms with E-state index in [0.717, 1.165) is 0 Å². The topological polar surface area (TPSA) is 93.3 Å². The zero-order chi connectivity index (χ0) is 7.28. The first kappa shape index (κ1) is 8.57. The highest BCUT2D eigenvalue weighted by Gasteiger charge is 1.98. The summed E-state index contributed by atoms with van der Waals surface area (Å²) in [5.74, 6) is 10.3. The fourth-order valence-electron chi connectivity index (χ4n) is 0.324. The van der Waals surface area contributed by atoms with Crippen molar-refractivity contribution in [2.24, 2.45) is 17.4 Å². The van der Waals surface area contributed by atoms with E-state index in [1.165, 1.54) is 5.01 Å². The van der Waals surface area contributed by atoms with Crippen molar-refractivity contribution in [1.82, 2.24) is 10.4 Å². The van der Waals surface area contributed by atoms with E-state index in [4.69, 9.17) is 17.4 Å². The number of nitrogens with one attached hydrogen (secondary N) is 1. The average molecular weight is 149 g/mol. The van der Waals surface area contributed by atoms with Gasteiger partial charge in [-0.25, -0.2) is 11.7 Å². The number of rotatable bonds is 2. The first-order valence-corrected chi connectivity index (χ1v) is 2.86. The molecule has 0 bridgehead atoms. The predicted octanol–water partition coefficient (Wildman–Crippen LogP) is -2.13. The minimum absolute atomic E-state index is 0.292. The van der Waals surface area contributed by atoms with Gasteiger partial charge in [0.05, 0.1) is 0 Å². The molecule has 7 N–H and O–H groups in total. The van der Waals surface area contributed by atoms with Gasteiger partial charge in [0.1, 0.15) is 0 Å². The lowest BCUT2D eigenvalue weighted by Gasteiger charge is -2.16. The van der Waals surface area contributed by atoms with Crippen LogP contribution in [-0.4, -0.2) is 23.2 Å². The van der Waals surface area contributed by atoms with Crippen LogP contribution in [0.3, 0.4) is 0 Å². The highest BCUT2D eigenvalue weighted by Crippen LogP contribution is 1.74. The van der Waals surface area contributed by atoms with E-state index in [0.29, 0.717) is 18.2 Å². The molecule has 9 heavy (non-hydrogen) atoms. The number of hydrogen-bond donors (Lipinski definition) is 4. The molecular weight excluding hydrogens is 138 g/mol. The predicted molar refractivity (Wildman–Crippen MR) is 39.9 cm³/mol. The van der Waals surface area contributed by atoms with E-state index >= 15 is 0 Å². The maximum absolute atomic E-state index is 5.31. The van der Waals surface area contributed by atoms with Crippen LogP contribution >= 0.6 is 12.2 Å². The minimum Gasteiger partial charge on any atom is -0.329 e. The van der Waals surface area contributed by atoms with Crippen molar-refractivity contribution in [3.63, 3.8) is 0 Å². The highest BCUT2D eigenvalue weighted by molar-refractivity contribution is 7.80. The van der Waals surface area contributed by atoms with Crippen molar-refractivity contribution in [1.29, 1.82) is 0 Å². The summed E-state index contributed by atoms with van der Waals surface area (Å²) < 4.78 is 0. The minimum atomic E-state index is 0.292. The standard InChI is InChI=1S/C3H11N5S/c4-1-2-8(6)3(9)7-5/h1-2,4-6H2,(H,7,9). The van der Waals surface area contributed by atoms with Crippen LogP contribution in [0.5, 0.6) is 0 Å². The van der Waals surface area contributed by atoms with E-state index in [-0.39, 0.29) is 0 Å². The number of thiocarbonyl (C=S) groups is 1. The molecular formula is C3H11N5S. The van der Waals surface area contributed by atoms with E-state index in [9.17, 15) is 0 Å². The van der Waals surface area contributed by atoms with E-state index in [1.807, 2.05) is 0 Å². The van der Waals surface area contributed by atoms with Gasteiger partial charge in [0.2, 0.25) is 0 Å². The summed E-state index contributed by atoms with van der Waals surface area (Å²) in [5.41, 5.74) is 7.40. The van der Waals surface area contributed by atoms with Crippen molar-refractivity contribution in [2.75, 3.05) is 13.1 Å². The van der Waals surface area contributed by atoms with Crippen molar-refractivity contribution >= 4 is 17.3 Å². The number of nitrogens with zero attached hydrogens (tertiary/aromatic N) is 1. The van der Waals surface area contributed by atoms with E-state index in [1.54, 1.807) is 0 Å². The molecule has 0 aliphatic heterocycles. The number of hydrazine groups is 2. The molecule has 5 nitrogen and oxygen atoms in total. The molecule has 0 aliphatic rings. The van der Waals surface area contributed by atoms with Crippen LogP contribution in [-0.2, 0) is 0 Å². The maximum Gasteiger partial charge on any atom is 0.197 e. The van der Waals surface area contributed by atoms with Crippen LogP contribution < -0.4 is 22.8 Å². The molecule has 0 saturated heterocycles. The molecule has 54 valence electrons. The second-order valence-corrected chi connectivity index (χ2v) is 1.82. The summed E-state index contributed by atoms with van der Waals surface area (Å²) in [6.45, 7) is 0.960. The van der Waals surface area contributed by atoms with Gasteiger partial charge in [-0.1, -0.05) is 0 Å². The van der Waals surface area contributed by atoms with Crippen LogP contribution in [0.1, 0.15) is 0 Å². The Hall–Kier alpha value is -0.430. The van der Waals surface area contributed by atoms with Gasteiger partial charge in [0.15, 0.2) is 5.11 Å². The largest absolute Gasteiger partial charge is 0.329 e. The number of nitrogens with two attached hydrogens (primary N) is 3. The normalized spacial score (nSPS) is 8.78. The van der Waals surface area contributed by atoms with Crippen LogP contribution in [0, 0.1) is 0 Å². The summed E-state index contributed by atoms with van der Waals surface area (Å²) in [4.78, 5) is 0. The van der Waals surface area contributed by atoms with Gasteiger partial charge in [-0.2, -0.15) is 0 Å². The van der Waals surface area contributed by atoms with Crippen LogP contribution in [0.25, 0.3) is 0 Å². The van der Waals surface area contributed by atoms with Crippen LogP contribution in [0.2, 0.25) is 0 Å². The third kappa shape index (κ3) is 3.20. The average Bonchev–Trinajstić information content (AvgIpc) is 1.87. The first-order valence-electron chi connectivity index (χ1n) is 2.45. The quantitative estimate of drug-likeness (QED) is 0.203. The summed E-state index contributed by atoms with van der Waals surface area (Å²) in [5, 5.41) is 1.57. The fourth-order valence-corrected chi connectivity index (χ4v) is 0.415. The molecule has 0 aliphatic carbocycles. The van der Waals surface area contributed by atoms with Gasteiger partial charge < -0.3 is 5.73 Å². The summed E-state index contributed by atoms with van der Waals surface area (Å²) in [6, 6.07) is 0. The Morgan fingerprint density at radius 3 is 2.56 bits per heavy atom. The molecule has 0 atom stereocenters. The molecule has 0 saturated carbocycles. The molecule has 0 heterocycles. The Labute approximate surface area is 59.1 Å². The lowest BCUT2D eigenvalue weighted by Crippen LogP contribution is -2.48. The van der Waals surface area contributed by atoms with Gasteiger partial charge in [-0.3, -0.25) is 10.4 Å². The zero-order valence-corrected chi connectivity index (χ0v) is 5.82. The van der Waals surface area contributed by atoms with Gasteiger partial charge >= 0.3 is 0 Å². The lowest BCUT2D eigenvalue weighted by molar-refractivity contribution is 0.443. The smallest absolute Gasteiger partial charge is 0.197 e. The van der Waals surface area contributed by atoms with Gasteiger partial charge in [-0.05, 0) is 12.2 Å². The third-order valence-corrected chi connectivity index (χ3v) is 1.11. The molecule has 0 radical (unpaired) electrons. The zero-order valence-electron chi connectivity index (χ0n) is 5.00. The molecule has 0 fully saturated rings. The highest BCUT2D eigenvalue weighted by atomic mass is 32.1. The molecule has 0 aromatic heterocycles. The molecule has 0 spiro atoms. The Morgan fingerprint density at radius 1 is 1.67 bits per heavy atom. The first-order chi connectivity index (χ1) is 4.22. The monoisotopic (exact) mass is 149 g/mol.